The maximum absolute atomic E-state index is 13.9. The lowest BCUT2D eigenvalue weighted by molar-refractivity contribution is 0.0609. The number of hydrogen-bond acceptors (Lipinski definition) is 5. The molecular formula is C20H22FNO4S. The normalized spacial score (nSPS) is 17.0. The minimum atomic E-state index is -0.566. The Morgan fingerprint density at radius 3 is 2.85 bits per heavy atom. The third kappa shape index (κ3) is 4.35. The largest absolute Gasteiger partial charge is 0.494 e. The quantitative estimate of drug-likeness (QED) is 0.696. The maximum Gasteiger partial charge on any atom is 0.289 e. The van der Waals surface area contributed by atoms with Crippen LogP contribution in [0, 0.1) is 11.7 Å². The van der Waals surface area contributed by atoms with Gasteiger partial charge in [0.25, 0.3) is 5.91 Å². The maximum atomic E-state index is 13.9. The van der Waals surface area contributed by atoms with Crippen molar-refractivity contribution >= 4 is 23.5 Å². The number of ether oxygens (including phenoxy) is 1. The van der Waals surface area contributed by atoms with Gasteiger partial charge in [0, 0.05) is 24.6 Å². The SMILES string of the molecule is COc1ccc(C(=O)[C@@H]2CCCN(C(=O)c3ccc(CSC)o3)C2)cc1F. The number of carbonyl (C=O) groups is 2. The number of benzene rings is 1. The molecular weight excluding hydrogens is 369 g/mol. The summed E-state index contributed by atoms with van der Waals surface area (Å²) in [6.45, 7) is 0.891. The fourth-order valence-corrected chi connectivity index (χ4v) is 3.74. The van der Waals surface area contributed by atoms with Crippen LogP contribution in [0.2, 0.25) is 0 Å². The molecule has 0 N–H and O–H groups in total. The first-order valence-electron chi connectivity index (χ1n) is 8.78. The van der Waals surface area contributed by atoms with E-state index < -0.39 is 5.82 Å². The fraction of sp³-hybridized carbons (Fsp3) is 0.400. The Morgan fingerprint density at radius 1 is 1.33 bits per heavy atom. The molecule has 2 heterocycles. The number of Topliss-reactive ketones (excluding diaryl/α,β-unsaturated/α-hetero) is 1. The predicted molar refractivity (Wildman–Crippen MR) is 102 cm³/mol. The summed E-state index contributed by atoms with van der Waals surface area (Å²) < 4.78 is 24.4. The van der Waals surface area contributed by atoms with Crippen LogP contribution >= 0.6 is 11.8 Å². The van der Waals surface area contributed by atoms with Crippen LogP contribution in [0.4, 0.5) is 4.39 Å². The molecule has 0 spiro atoms. The molecule has 3 rings (SSSR count). The van der Waals surface area contributed by atoms with Crippen molar-refractivity contribution in [1.82, 2.24) is 4.90 Å². The minimum absolute atomic E-state index is 0.103. The van der Waals surface area contributed by atoms with E-state index in [9.17, 15) is 14.0 Å². The number of amides is 1. The number of thioether (sulfide) groups is 1. The molecule has 1 aromatic carbocycles. The molecule has 0 aliphatic carbocycles. The van der Waals surface area contributed by atoms with Gasteiger partial charge in [0.15, 0.2) is 23.1 Å². The van der Waals surface area contributed by atoms with E-state index in [1.54, 1.807) is 34.9 Å². The van der Waals surface area contributed by atoms with Gasteiger partial charge in [-0.15, -0.1) is 0 Å². The molecule has 7 heteroatoms. The number of rotatable bonds is 6. The monoisotopic (exact) mass is 391 g/mol. The predicted octanol–water partition coefficient (Wildman–Crippen LogP) is 4.03. The van der Waals surface area contributed by atoms with Crippen molar-refractivity contribution in [1.29, 1.82) is 0 Å². The number of furan rings is 1. The zero-order chi connectivity index (χ0) is 19.4. The summed E-state index contributed by atoms with van der Waals surface area (Å²) in [7, 11) is 1.38. The number of halogens is 1. The van der Waals surface area contributed by atoms with Crippen LogP contribution in [0.5, 0.6) is 5.75 Å². The lowest BCUT2D eigenvalue weighted by atomic mass is 9.90. The molecule has 144 valence electrons. The summed E-state index contributed by atoms with van der Waals surface area (Å²) in [5, 5.41) is 0. The summed E-state index contributed by atoms with van der Waals surface area (Å²) in [6, 6.07) is 7.69. The average molecular weight is 391 g/mol. The zero-order valence-corrected chi connectivity index (χ0v) is 16.2. The van der Waals surface area contributed by atoms with Crippen molar-refractivity contribution in [2.75, 3.05) is 26.5 Å². The highest BCUT2D eigenvalue weighted by Crippen LogP contribution is 2.25. The second kappa shape index (κ2) is 8.61. The van der Waals surface area contributed by atoms with Gasteiger partial charge in [-0.05, 0) is 49.4 Å². The van der Waals surface area contributed by atoms with Gasteiger partial charge in [-0.2, -0.15) is 11.8 Å². The Kier molecular flexibility index (Phi) is 6.21. The summed E-state index contributed by atoms with van der Waals surface area (Å²) in [4.78, 5) is 27.1. The van der Waals surface area contributed by atoms with E-state index in [4.69, 9.17) is 9.15 Å². The van der Waals surface area contributed by atoms with Crippen LogP contribution in [-0.4, -0.2) is 43.0 Å². The molecule has 1 atom stereocenters. The number of hydrogen-bond donors (Lipinski definition) is 0. The van der Waals surface area contributed by atoms with Crippen molar-refractivity contribution in [2.24, 2.45) is 5.92 Å². The molecule has 1 amide bonds. The molecule has 0 unspecified atom stereocenters. The molecule has 1 fully saturated rings. The Labute approximate surface area is 161 Å². The summed E-state index contributed by atoms with van der Waals surface area (Å²) >= 11 is 1.62. The smallest absolute Gasteiger partial charge is 0.289 e. The highest BCUT2D eigenvalue weighted by atomic mass is 32.2. The number of likely N-dealkylation sites (tertiary alicyclic amines) is 1. The molecule has 27 heavy (non-hydrogen) atoms. The van der Waals surface area contributed by atoms with Crippen LogP contribution in [-0.2, 0) is 5.75 Å². The Balaban J connectivity index is 1.70. The molecule has 0 bridgehead atoms. The van der Waals surface area contributed by atoms with Crippen LogP contribution < -0.4 is 4.74 Å². The van der Waals surface area contributed by atoms with E-state index in [-0.39, 0.29) is 23.4 Å². The van der Waals surface area contributed by atoms with Crippen molar-refractivity contribution < 1.29 is 23.1 Å². The van der Waals surface area contributed by atoms with Gasteiger partial charge in [-0.25, -0.2) is 4.39 Å². The lowest BCUT2D eigenvalue weighted by Gasteiger charge is -2.31. The van der Waals surface area contributed by atoms with E-state index >= 15 is 0 Å². The van der Waals surface area contributed by atoms with Gasteiger partial charge in [-0.3, -0.25) is 9.59 Å². The van der Waals surface area contributed by atoms with Crippen molar-refractivity contribution in [2.45, 2.75) is 18.6 Å². The van der Waals surface area contributed by atoms with Crippen molar-refractivity contribution in [3.05, 3.63) is 53.2 Å². The van der Waals surface area contributed by atoms with E-state index in [0.29, 0.717) is 36.6 Å². The second-order valence-electron chi connectivity index (χ2n) is 6.50. The first kappa shape index (κ1) is 19.5. The standard InChI is InChI=1S/C20H22FNO4S/c1-25-17-7-5-13(10-16(17)21)19(23)14-4-3-9-22(11-14)20(24)18-8-6-15(26-18)12-27-2/h5-8,10,14H,3-4,9,11-12H2,1-2H3/t14-/m1/s1. The number of carbonyl (C=O) groups excluding carboxylic acids is 2. The molecule has 0 radical (unpaired) electrons. The summed E-state index contributed by atoms with van der Waals surface area (Å²) in [5.41, 5.74) is 0.299. The Bertz CT molecular complexity index is 835. The van der Waals surface area contributed by atoms with E-state index in [2.05, 4.69) is 0 Å². The van der Waals surface area contributed by atoms with Crippen LogP contribution in [0.25, 0.3) is 0 Å². The molecule has 2 aromatic rings. The minimum Gasteiger partial charge on any atom is -0.494 e. The van der Waals surface area contributed by atoms with Gasteiger partial charge in [0.2, 0.25) is 0 Å². The summed E-state index contributed by atoms with van der Waals surface area (Å²) in [5.74, 6) is 0.576. The van der Waals surface area contributed by atoms with Gasteiger partial charge < -0.3 is 14.1 Å². The van der Waals surface area contributed by atoms with Crippen LogP contribution in [0.3, 0.4) is 0 Å². The molecule has 1 aromatic heterocycles. The third-order valence-electron chi connectivity index (χ3n) is 4.67. The molecule has 0 saturated carbocycles. The van der Waals surface area contributed by atoms with E-state index in [1.165, 1.54) is 19.2 Å². The first-order chi connectivity index (χ1) is 13.0. The molecule has 5 nitrogen and oxygen atoms in total. The van der Waals surface area contributed by atoms with Crippen molar-refractivity contribution in [3.63, 3.8) is 0 Å². The zero-order valence-electron chi connectivity index (χ0n) is 15.4. The number of piperidine rings is 1. The topological polar surface area (TPSA) is 59.8 Å². The fourth-order valence-electron chi connectivity index (χ4n) is 3.30. The third-order valence-corrected chi connectivity index (χ3v) is 5.25. The molecule has 1 saturated heterocycles. The van der Waals surface area contributed by atoms with Crippen LogP contribution in [0.15, 0.2) is 34.7 Å². The lowest BCUT2D eigenvalue weighted by Crippen LogP contribution is -2.42. The number of ketones is 1. The van der Waals surface area contributed by atoms with Gasteiger partial charge in [0.1, 0.15) is 5.76 Å². The second-order valence-corrected chi connectivity index (χ2v) is 7.37. The Morgan fingerprint density at radius 2 is 2.15 bits per heavy atom. The van der Waals surface area contributed by atoms with E-state index in [0.717, 1.165) is 12.2 Å². The Hall–Kier alpha value is -2.28. The number of methoxy groups -OCH3 is 1. The summed E-state index contributed by atoms with van der Waals surface area (Å²) in [6.07, 6.45) is 3.36. The number of nitrogens with zero attached hydrogens (tertiary/aromatic N) is 1. The highest BCUT2D eigenvalue weighted by molar-refractivity contribution is 7.97. The molecule has 1 aliphatic rings. The average Bonchev–Trinajstić information content (AvgIpc) is 3.15. The molecule has 1 aliphatic heterocycles. The first-order valence-corrected chi connectivity index (χ1v) is 10.2. The highest BCUT2D eigenvalue weighted by Gasteiger charge is 2.31. The van der Waals surface area contributed by atoms with Crippen molar-refractivity contribution in [3.8, 4) is 5.75 Å². The van der Waals surface area contributed by atoms with E-state index in [1.807, 2.05) is 6.26 Å². The van der Waals surface area contributed by atoms with Gasteiger partial charge >= 0.3 is 0 Å². The van der Waals surface area contributed by atoms with Gasteiger partial charge in [-0.1, -0.05) is 0 Å². The van der Waals surface area contributed by atoms with Crippen LogP contribution in [0.1, 0.15) is 39.5 Å². The van der Waals surface area contributed by atoms with Gasteiger partial charge in [0.05, 0.1) is 12.9 Å².